The van der Waals surface area contributed by atoms with Crippen LogP contribution in [0.5, 0.6) is 17.2 Å². The number of ether oxygens (including phenoxy) is 1. The Labute approximate surface area is 174 Å². The van der Waals surface area contributed by atoms with Crippen LogP contribution in [0.1, 0.15) is 70.3 Å². The molecule has 0 unspecified atom stereocenters. The number of phenols is 1. The predicted octanol–water partition coefficient (Wildman–Crippen LogP) is 6.50. The third-order valence-electron chi connectivity index (χ3n) is 4.97. The number of para-hydroxylation sites is 1. The molecule has 160 valence electrons. The molecule has 0 spiro atoms. The van der Waals surface area contributed by atoms with Gasteiger partial charge in [-0.25, -0.2) is 0 Å². The Morgan fingerprint density at radius 1 is 0.828 bits per heavy atom. The molecule has 6 heteroatoms. The Kier molecular flexibility index (Phi) is 9.48. The molecule has 0 bridgehead atoms. The first kappa shape index (κ1) is 23.2. The molecule has 2 N–H and O–H groups in total. The summed E-state index contributed by atoms with van der Waals surface area (Å²) in [6, 6.07) is 11.4. The summed E-state index contributed by atoms with van der Waals surface area (Å²) < 4.78 is 38.5. The van der Waals surface area contributed by atoms with Crippen LogP contribution < -0.4 is 4.74 Å². The van der Waals surface area contributed by atoms with Crippen LogP contribution in [-0.4, -0.2) is 18.1 Å². The van der Waals surface area contributed by atoms with Crippen LogP contribution in [0.2, 0.25) is 0 Å². The van der Waals surface area contributed by atoms with E-state index in [1.165, 1.54) is 44.6 Å². The molecular formula is C23H32O5S. The summed E-state index contributed by atoms with van der Waals surface area (Å²) in [6.45, 7) is 2.22. The largest absolute Gasteiger partial charge is 0.504 e. The number of hydrogen-bond donors (Lipinski definition) is 2. The average Bonchev–Trinajstić information content (AvgIpc) is 2.69. The Bertz CT molecular complexity index is 847. The van der Waals surface area contributed by atoms with Crippen molar-refractivity contribution in [3.63, 3.8) is 0 Å². The van der Waals surface area contributed by atoms with Crippen molar-refractivity contribution >= 4 is 10.1 Å². The van der Waals surface area contributed by atoms with E-state index < -0.39 is 15.0 Å². The van der Waals surface area contributed by atoms with Crippen LogP contribution >= 0.6 is 0 Å². The summed E-state index contributed by atoms with van der Waals surface area (Å²) in [4.78, 5) is -0.435. The van der Waals surface area contributed by atoms with Gasteiger partial charge in [0.2, 0.25) is 0 Å². The summed E-state index contributed by atoms with van der Waals surface area (Å²) in [5, 5.41) is 10.6. The van der Waals surface area contributed by atoms with E-state index in [2.05, 4.69) is 6.92 Å². The first-order chi connectivity index (χ1) is 13.9. The van der Waals surface area contributed by atoms with Gasteiger partial charge in [0.25, 0.3) is 10.1 Å². The minimum Gasteiger partial charge on any atom is -0.504 e. The molecule has 5 nitrogen and oxygen atoms in total. The Morgan fingerprint density at radius 2 is 1.41 bits per heavy atom. The Morgan fingerprint density at radius 3 is 2.00 bits per heavy atom. The van der Waals surface area contributed by atoms with Gasteiger partial charge < -0.3 is 9.84 Å². The second kappa shape index (κ2) is 11.8. The van der Waals surface area contributed by atoms with Crippen LogP contribution in [0.3, 0.4) is 0 Å². The number of hydrogen-bond acceptors (Lipinski definition) is 4. The van der Waals surface area contributed by atoms with Crippen molar-refractivity contribution in [2.75, 3.05) is 0 Å². The maximum Gasteiger partial charge on any atom is 0.298 e. The van der Waals surface area contributed by atoms with Gasteiger partial charge in [0, 0.05) is 0 Å². The molecule has 2 aromatic rings. The zero-order chi connectivity index (χ0) is 21.1. The van der Waals surface area contributed by atoms with Gasteiger partial charge in [0.15, 0.2) is 11.5 Å². The van der Waals surface area contributed by atoms with Crippen molar-refractivity contribution in [3.05, 3.63) is 48.0 Å². The van der Waals surface area contributed by atoms with Crippen LogP contribution in [0.25, 0.3) is 0 Å². The highest BCUT2D eigenvalue weighted by molar-refractivity contribution is 7.86. The van der Waals surface area contributed by atoms with Gasteiger partial charge in [-0.15, -0.1) is 0 Å². The first-order valence-corrected chi connectivity index (χ1v) is 11.9. The van der Waals surface area contributed by atoms with Crippen LogP contribution in [0.4, 0.5) is 0 Å². The zero-order valence-corrected chi connectivity index (χ0v) is 18.0. The summed E-state index contributed by atoms with van der Waals surface area (Å²) in [7, 11) is -4.52. The van der Waals surface area contributed by atoms with Gasteiger partial charge >= 0.3 is 0 Å². The molecular weight excluding hydrogens is 388 g/mol. The average molecular weight is 421 g/mol. The molecule has 0 radical (unpaired) electrons. The quantitative estimate of drug-likeness (QED) is 0.285. The maximum atomic E-state index is 11.7. The molecule has 0 aromatic heterocycles. The second-order valence-electron chi connectivity index (χ2n) is 7.37. The number of aromatic hydroxyl groups is 1. The SMILES string of the molecule is CCCCCCCCCCCc1ccc(S(=O)(=O)O)c(Oc2ccccc2)c1O. The van der Waals surface area contributed by atoms with Crippen molar-refractivity contribution in [3.8, 4) is 17.2 Å². The number of phenolic OH excluding ortho intramolecular Hbond substituents is 1. The highest BCUT2D eigenvalue weighted by atomic mass is 32.2. The molecule has 0 heterocycles. The number of rotatable bonds is 13. The van der Waals surface area contributed by atoms with E-state index in [1.54, 1.807) is 36.4 Å². The van der Waals surface area contributed by atoms with Gasteiger partial charge in [-0.05, 0) is 36.6 Å². The Hall–Kier alpha value is -2.05. The molecule has 2 rings (SSSR count). The standard InChI is InChI=1S/C23H32O5S/c1-2-3-4-5-6-7-8-9-11-14-19-17-18-21(29(25,26)27)23(22(19)24)28-20-15-12-10-13-16-20/h10,12-13,15-18,24H,2-9,11,14H2,1H3,(H,25,26,27). The van der Waals surface area contributed by atoms with Crippen molar-refractivity contribution in [1.82, 2.24) is 0 Å². The molecule has 0 amide bonds. The van der Waals surface area contributed by atoms with Crippen LogP contribution in [-0.2, 0) is 16.5 Å². The summed E-state index contributed by atoms with van der Waals surface area (Å²) in [6.07, 6.45) is 11.4. The zero-order valence-electron chi connectivity index (χ0n) is 17.1. The van der Waals surface area contributed by atoms with Crippen LogP contribution in [0.15, 0.2) is 47.4 Å². The molecule has 0 saturated heterocycles. The lowest BCUT2D eigenvalue weighted by molar-refractivity contribution is 0.392. The molecule has 29 heavy (non-hydrogen) atoms. The van der Waals surface area contributed by atoms with Gasteiger partial charge in [-0.2, -0.15) is 8.42 Å². The van der Waals surface area contributed by atoms with E-state index >= 15 is 0 Å². The minimum absolute atomic E-state index is 0.230. The topological polar surface area (TPSA) is 83.8 Å². The first-order valence-electron chi connectivity index (χ1n) is 10.5. The lowest BCUT2D eigenvalue weighted by atomic mass is 10.0. The maximum absolute atomic E-state index is 11.7. The monoisotopic (exact) mass is 420 g/mol. The lowest BCUT2D eigenvalue weighted by Gasteiger charge is -2.14. The molecule has 0 aliphatic carbocycles. The molecule has 0 fully saturated rings. The predicted molar refractivity (Wildman–Crippen MR) is 115 cm³/mol. The molecule has 0 saturated carbocycles. The summed E-state index contributed by atoms with van der Waals surface area (Å²) in [5.41, 5.74) is 0.617. The van der Waals surface area contributed by atoms with Gasteiger partial charge in [-0.1, -0.05) is 82.6 Å². The second-order valence-corrected chi connectivity index (χ2v) is 8.76. The lowest BCUT2D eigenvalue weighted by Crippen LogP contribution is -2.03. The van der Waals surface area contributed by atoms with E-state index in [0.29, 0.717) is 17.7 Å². The van der Waals surface area contributed by atoms with Crippen molar-refractivity contribution in [1.29, 1.82) is 0 Å². The van der Waals surface area contributed by atoms with E-state index in [0.717, 1.165) is 19.3 Å². The van der Waals surface area contributed by atoms with Crippen molar-refractivity contribution < 1.29 is 22.8 Å². The summed E-state index contributed by atoms with van der Waals surface area (Å²) >= 11 is 0. The van der Waals surface area contributed by atoms with Crippen LogP contribution in [0, 0.1) is 0 Å². The molecule has 0 aliphatic heterocycles. The molecule has 0 aliphatic rings. The van der Waals surface area contributed by atoms with Gasteiger partial charge in [0.05, 0.1) is 0 Å². The fourth-order valence-corrected chi connectivity index (χ4v) is 3.94. The summed E-state index contributed by atoms with van der Waals surface area (Å²) in [5.74, 6) is -0.0800. The van der Waals surface area contributed by atoms with E-state index in [1.807, 2.05) is 0 Å². The van der Waals surface area contributed by atoms with Crippen molar-refractivity contribution in [2.45, 2.75) is 76.0 Å². The number of aryl methyl sites for hydroxylation is 1. The highest BCUT2D eigenvalue weighted by Crippen LogP contribution is 2.40. The molecule has 2 aromatic carbocycles. The normalized spacial score (nSPS) is 11.5. The fraction of sp³-hybridized carbons (Fsp3) is 0.478. The highest BCUT2D eigenvalue weighted by Gasteiger charge is 2.23. The van der Waals surface area contributed by atoms with E-state index in [4.69, 9.17) is 4.74 Å². The van der Waals surface area contributed by atoms with E-state index in [-0.39, 0.29) is 11.5 Å². The Balaban J connectivity index is 1.98. The number of unbranched alkanes of at least 4 members (excludes halogenated alkanes) is 8. The number of benzene rings is 2. The minimum atomic E-state index is -4.52. The third kappa shape index (κ3) is 7.71. The van der Waals surface area contributed by atoms with Crippen molar-refractivity contribution in [2.24, 2.45) is 0 Å². The van der Waals surface area contributed by atoms with E-state index in [9.17, 15) is 18.1 Å². The van der Waals surface area contributed by atoms with Gasteiger partial charge in [-0.3, -0.25) is 4.55 Å². The van der Waals surface area contributed by atoms with Gasteiger partial charge in [0.1, 0.15) is 10.6 Å². The third-order valence-corrected chi connectivity index (χ3v) is 5.85. The molecule has 0 atom stereocenters. The smallest absolute Gasteiger partial charge is 0.298 e. The fourth-order valence-electron chi connectivity index (χ4n) is 3.33.